The average Bonchev–Trinajstić information content (AvgIpc) is 3.14. The van der Waals surface area contributed by atoms with Crippen molar-refractivity contribution in [2.24, 2.45) is 0 Å². The Labute approximate surface area is 184 Å². The quantitative estimate of drug-likeness (QED) is 0.397. The molecule has 1 atom stereocenters. The summed E-state index contributed by atoms with van der Waals surface area (Å²) in [6.07, 6.45) is 0.869. The molecule has 0 saturated carbocycles. The lowest BCUT2D eigenvalue weighted by molar-refractivity contribution is 0.0939. The second-order valence-electron chi connectivity index (χ2n) is 7.59. The second-order valence-corrected chi connectivity index (χ2v) is 7.97. The van der Waals surface area contributed by atoms with E-state index in [1.807, 2.05) is 44.2 Å². The third-order valence-electron chi connectivity index (χ3n) is 5.49. The summed E-state index contributed by atoms with van der Waals surface area (Å²) < 4.78 is 7.14. The standard InChI is InChI=1S/C23H24N4O3S/c1-4-13(2)24-21(28)15-7-5-14(6-8-15)12-27-22(29)20-19(26-23(27)31)17-11-16(30-3)9-10-18(17)25-20/h5-11,13,25H,4,12H2,1-3H3,(H,24,28)(H,26,31)/t13-/m0/s1. The van der Waals surface area contributed by atoms with E-state index in [2.05, 4.69) is 15.3 Å². The van der Waals surface area contributed by atoms with Gasteiger partial charge >= 0.3 is 0 Å². The number of fused-ring (bicyclic) bond motifs is 3. The Kier molecular flexibility index (Phi) is 5.65. The zero-order chi connectivity index (χ0) is 22.1. The predicted molar refractivity (Wildman–Crippen MR) is 125 cm³/mol. The van der Waals surface area contributed by atoms with Crippen LogP contribution in [0.1, 0.15) is 36.2 Å². The highest BCUT2D eigenvalue weighted by molar-refractivity contribution is 7.71. The maximum atomic E-state index is 13.2. The molecule has 7 nitrogen and oxygen atoms in total. The number of rotatable bonds is 6. The van der Waals surface area contributed by atoms with E-state index in [1.54, 1.807) is 19.2 Å². The van der Waals surface area contributed by atoms with Gasteiger partial charge in [-0.05, 0) is 61.5 Å². The number of aromatic amines is 2. The molecular formula is C23H24N4O3S. The number of nitrogens with zero attached hydrogens (tertiary/aromatic N) is 1. The molecule has 160 valence electrons. The van der Waals surface area contributed by atoms with Crippen molar-refractivity contribution in [2.75, 3.05) is 7.11 Å². The summed E-state index contributed by atoms with van der Waals surface area (Å²) in [6.45, 7) is 4.29. The number of hydrogen-bond acceptors (Lipinski definition) is 4. The van der Waals surface area contributed by atoms with Gasteiger partial charge in [-0.3, -0.25) is 14.2 Å². The molecule has 2 heterocycles. The minimum atomic E-state index is -0.201. The zero-order valence-electron chi connectivity index (χ0n) is 17.6. The zero-order valence-corrected chi connectivity index (χ0v) is 18.4. The Morgan fingerprint density at radius 3 is 2.58 bits per heavy atom. The highest BCUT2D eigenvalue weighted by Gasteiger charge is 2.13. The molecule has 2 aromatic heterocycles. The van der Waals surface area contributed by atoms with E-state index in [0.717, 1.165) is 22.9 Å². The van der Waals surface area contributed by atoms with E-state index in [4.69, 9.17) is 17.0 Å². The topological polar surface area (TPSA) is 91.9 Å². The fraction of sp³-hybridized carbons (Fsp3) is 0.261. The first-order valence-corrected chi connectivity index (χ1v) is 10.5. The summed E-state index contributed by atoms with van der Waals surface area (Å²) >= 11 is 5.48. The Balaban J connectivity index is 1.67. The van der Waals surface area contributed by atoms with Gasteiger partial charge in [-0.2, -0.15) is 0 Å². The fourth-order valence-electron chi connectivity index (χ4n) is 3.49. The van der Waals surface area contributed by atoms with Crippen molar-refractivity contribution >= 4 is 40.1 Å². The van der Waals surface area contributed by atoms with E-state index >= 15 is 0 Å². The van der Waals surface area contributed by atoms with Crippen LogP contribution in [0.2, 0.25) is 0 Å². The van der Waals surface area contributed by atoms with Crippen LogP contribution in [0.15, 0.2) is 47.3 Å². The number of amides is 1. The maximum absolute atomic E-state index is 13.2. The monoisotopic (exact) mass is 436 g/mol. The van der Waals surface area contributed by atoms with Crippen molar-refractivity contribution in [3.63, 3.8) is 0 Å². The first kappa shape index (κ1) is 20.9. The first-order valence-electron chi connectivity index (χ1n) is 10.1. The maximum Gasteiger partial charge on any atom is 0.278 e. The summed E-state index contributed by atoms with van der Waals surface area (Å²) in [4.78, 5) is 31.8. The van der Waals surface area contributed by atoms with Gasteiger partial charge in [0.1, 0.15) is 11.3 Å². The van der Waals surface area contributed by atoms with Crippen LogP contribution in [-0.2, 0) is 6.54 Å². The molecule has 0 fully saturated rings. The molecule has 0 unspecified atom stereocenters. The summed E-state index contributed by atoms with van der Waals surface area (Å²) in [7, 11) is 1.60. The Bertz CT molecular complexity index is 1380. The molecule has 0 aliphatic rings. The predicted octanol–water partition coefficient (Wildman–Crippen LogP) is 4.13. The SMILES string of the molecule is CC[C@H](C)NC(=O)c1ccc(Cn2c(=S)[nH]c3c([nH]c4ccc(OC)cc43)c2=O)cc1. The average molecular weight is 437 g/mol. The van der Waals surface area contributed by atoms with E-state index in [0.29, 0.717) is 33.7 Å². The smallest absolute Gasteiger partial charge is 0.278 e. The number of ether oxygens (including phenoxy) is 1. The summed E-state index contributed by atoms with van der Waals surface area (Å²) in [5, 5.41) is 3.79. The Morgan fingerprint density at radius 1 is 1.16 bits per heavy atom. The van der Waals surface area contributed by atoms with Gasteiger partial charge in [0.25, 0.3) is 11.5 Å². The van der Waals surface area contributed by atoms with Gasteiger partial charge in [0.05, 0.1) is 19.2 Å². The number of hydrogen-bond donors (Lipinski definition) is 3. The molecule has 31 heavy (non-hydrogen) atoms. The van der Waals surface area contributed by atoms with Crippen LogP contribution in [0.3, 0.4) is 0 Å². The second kappa shape index (κ2) is 8.39. The summed E-state index contributed by atoms with van der Waals surface area (Å²) in [6, 6.07) is 12.9. The Hall–Kier alpha value is -3.39. The van der Waals surface area contributed by atoms with Crippen molar-refractivity contribution in [2.45, 2.75) is 32.9 Å². The molecule has 0 spiro atoms. The molecule has 4 aromatic rings. The molecule has 8 heteroatoms. The Morgan fingerprint density at radius 2 is 1.90 bits per heavy atom. The molecule has 0 aliphatic heterocycles. The van der Waals surface area contributed by atoms with E-state index < -0.39 is 0 Å². The number of methoxy groups -OCH3 is 1. The number of carbonyl (C=O) groups is 1. The summed E-state index contributed by atoms with van der Waals surface area (Å²) in [5.41, 5.74) is 3.21. The van der Waals surface area contributed by atoms with Crippen LogP contribution in [0.4, 0.5) is 0 Å². The third-order valence-corrected chi connectivity index (χ3v) is 5.81. The lowest BCUT2D eigenvalue weighted by atomic mass is 10.1. The van der Waals surface area contributed by atoms with Crippen LogP contribution < -0.4 is 15.6 Å². The lowest BCUT2D eigenvalue weighted by Crippen LogP contribution is -2.31. The van der Waals surface area contributed by atoms with Gasteiger partial charge < -0.3 is 20.0 Å². The largest absolute Gasteiger partial charge is 0.497 e. The van der Waals surface area contributed by atoms with Crippen LogP contribution in [0, 0.1) is 4.77 Å². The van der Waals surface area contributed by atoms with Gasteiger partial charge in [0.15, 0.2) is 4.77 Å². The number of carbonyl (C=O) groups excluding carboxylic acids is 1. The minimum Gasteiger partial charge on any atom is -0.497 e. The third kappa shape index (κ3) is 3.98. The van der Waals surface area contributed by atoms with Crippen molar-refractivity contribution in [1.29, 1.82) is 0 Å². The molecule has 0 aliphatic carbocycles. The van der Waals surface area contributed by atoms with E-state index in [1.165, 1.54) is 4.57 Å². The molecule has 0 radical (unpaired) electrons. The molecule has 0 bridgehead atoms. The molecule has 4 rings (SSSR count). The highest BCUT2D eigenvalue weighted by Crippen LogP contribution is 2.26. The van der Waals surface area contributed by atoms with Crippen molar-refractivity contribution in [3.8, 4) is 5.75 Å². The molecule has 0 saturated heterocycles. The number of nitrogens with one attached hydrogen (secondary N) is 3. The molecule has 3 N–H and O–H groups in total. The van der Waals surface area contributed by atoms with Gasteiger partial charge in [-0.15, -0.1) is 0 Å². The van der Waals surface area contributed by atoms with Gasteiger partial charge in [-0.25, -0.2) is 0 Å². The molecule has 1 amide bonds. The van der Waals surface area contributed by atoms with Crippen LogP contribution in [-0.4, -0.2) is 33.6 Å². The van der Waals surface area contributed by atoms with Crippen molar-refractivity contribution in [3.05, 3.63) is 68.7 Å². The van der Waals surface area contributed by atoms with Crippen LogP contribution >= 0.6 is 12.2 Å². The number of aromatic nitrogens is 3. The highest BCUT2D eigenvalue weighted by atomic mass is 32.1. The minimum absolute atomic E-state index is 0.106. The van der Waals surface area contributed by atoms with Gasteiger partial charge in [0, 0.05) is 22.5 Å². The van der Waals surface area contributed by atoms with E-state index in [9.17, 15) is 9.59 Å². The number of H-pyrrole nitrogens is 2. The first-order chi connectivity index (χ1) is 14.9. The van der Waals surface area contributed by atoms with Gasteiger partial charge in [0.2, 0.25) is 0 Å². The fourth-order valence-corrected chi connectivity index (χ4v) is 3.74. The van der Waals surface area contributed by atoms with Crippen LogP contribution in [0.25, 0.3) is 21.9 Å². The van der Waals surface area contributed by atoms with Crippen molar-refractivity contribution < 1.29 is 9.53 Å². The molecular weight excluding hydrogens is 412 g/mol. The molecule has 2 aromatic carbocycles. The van der Waals surface area contributed by atoms with Crippen molar-refractivity contribution in [1.82, 2.24) is 19.9 Å². The van der Waals surface area contributed by atoms with Crippen LogP contribution in [0.5, 0.6) is 5.75 Å². The number of benzene rings is 2. The summed E-state index contributed by atoms with van der Waals surface area (Å²) in [5.74, 6) is 0.597. The lowest BCUT2D eigenvalue weighted by Gasteiger charge is -2.12. The van der Waals surface area contributed by atoms with E-state index in [-0.39, 0.29) is 17.5 Å². The normalized spacial score (nSPS) is 12.2. The van der Waals surface area contributed by atoms with Gasteiger partial charge in [-0.1, -0.05) is 19.1 Å².